The Morgan fingerprint density at radius 1 is 1.40 bits per heavy atom. The van der Waals surface area contributed by atoms with Crippen LogP contribution in [-0.4, -0.2) is 33.5 Å². The van der Waals surface area contributed by atoms with Crippen LogP contribution in [0.4, 0.5) is 0 Å². The predicted molar refractivity (Wildman–Crippen MR) is 93.4 cm³/mol. The van der Waals surface area contributed by atoms with E-state index in [2.05, 4.69) is 4.98 Å². The van der Waals surface area contributed by atoms with Crippen molar-refractivity contribution in [3.8, 4) is 0 Å². The van der Waals surface area contributed by atoms with Crippen molar-refractivity contribution in [1.29, 1.82) is 0 Å². The summed E-state index contributed by atoms with van der Waals surface area (Å²) >= 11 is 0. The van der Waals surface area contributed by atoms with Crippen LogP contribution in [-0.2, 0) is 0 Å². The lowest BCUT2D eigenvalue weighted by molar-refractivity contribution is 0.0557. The number of furan rings is 1. The standard InChI is InChI=1S/C19H24N2O4/c1-13-10-14(11-18(23)20-13)19(24)21-8-4-2-3-6-15(21)12-16(22)17-7-5-9-25-17/h5,7,9-11,15-16,22H,2-4,6,8,12H2,1H3,(H,20,23). The molecule has 3 rings (SSSR count). The third-order valence-corrected chi connectivity index (χ3v) is 4.73. The lowest BCUT2D eigenvalue weighted by Crippen LogP contribution is -2.41. The highest BCUT2D eigenvalue weighted by Gasteiger charge is 2.29. The fraction of sp³-hybridized carbons (Fsp3) is 0.474. The molecule has 2 aromatic rings. The number of nitrogens with zero attached hydrogens (tertiary/aromatic N) is 1. The van der Waals surface area contributed by atoms with Crippen LogP contribution >= 0.6 is 0 Å². The van der Waals surface area contributed by atoms with Crippen molar-refractivity contribution in [3.05, 3.63) is 57.9 Å². The number of amides is 1. The lowest BCUT2D eigenvalue weighted by Gasteiger charge is -2.31. The summed E-state index contributed by atoms with van der Waals surface area (Å²) in [7, 11) is 0. The molecule has 1 aliphatic heterocycles. The van der Waals surface area contributed by atoms with Crippen molar-refractivity contribution in [2.45, 2.75) is 51.2 Å². The number of aromatic nitrogens is 1. The summed E-state index contributed by atoms with van der Waals surface area (Å²) in [5.74, 6) is 0.372. The third-order valence-electron chi connectivity index (χ3n) is 4.73. The summed E-state index contributed by atoms with van der Waals surface area (Å²) in [4.78, 5) is 29.2. The molecule has 134 valence electrons. The quantitative estimate of drug-likeness (QED) is 0.893. The van der Waals surface area contributed by atoms with Gasteiger partial charge >= 0.3 is 0 Å². The molecule has 2 aromatic heterocycles. The monoisotopic (exact) mass is 344 g/mol. The van der Waals surface area contributed by atoms with Gasteiger partial charge in [0.25, 0.3) is 5.91 Å². The third kappa shape index (κ3) is 4.20. The Balaban J connectivity index is 1.82. The van der Waals surface area contributed by atoms with Crippen molar-refractivity contribution in [3.63, 3.8) is 0 Å². The Kier molecular flexibility index (Phi) is 5.38. The SMILES string of the molecule is Cc1cc(C(=O)N2CCCCCC2CC(O)c2ccco2)cc(=O)[nH]1. The largest absolute Gasteiger partial charge is 0.467 e. The summed E-state index contributed by atoms with van der Waals surface area (Å²) in [6.45, 7) is 2.40. The first-order valence-electron chi connectivity index (χ1n) is 8.78. The molecule has 2 unspecified atom stereocenters. The maximum absolute atomic E-state index is 13.0. The highest BCUT2D eigenvalue weighted by Crippen LogP contribution is 2.27. The van der Waals surface area contributed by atoms with Crippen LogP contribution in [0.1, 0.15) is 60.0 Å². The fourth-order valence-corrected chi connectivity index (χ4v) is 3.52. The Bertz CT molecular complexity index is 766. The van der Waals surface area contributed by atoms with Crippen LogP contribution in [0.15, 0.2) is 39.7 Å². The second-order valence-electron chi connectivity index (χ2n) is 6.68. The minimum Gasteiger partial charge on any atom is -0.467 e. The van der Waals surface area contributed by atoms with Crippen LogP contribution in [0.5, 0.6) is 0 Å². The number of hydrogen-bond acceptors (Lipinski definition) is 4. The Labute approximate surface area is 146 Å². The molecule has 0 aliphatic carbocycles. The molecule has 0 saturated carbocycles. The number of H-pyrrole nitrogens is 1. The van der Waals surface area contributed by atoms with Crippen LogP contribution in [0, 0.1) is 6.92 Å². The molecule has 3 heterocycles. The van der Waals surface area contributed by atoms with Crippen LogP contribution in [0.3, 0.4) is 0 Å². The van der Waals surface area contributed by atoms with Gasteiger partial charge in [0.05, 0.1) is 6.26 Å². The molecule has 0 radical (unpaired) electrons. The summed E-state index contributed by atoms with van der Waals surface area (Å²) in [5, 5.41) is 10.4. The van der Waals surface area contributed by atoms with Gasteiger partial charge in [0.15, 0.2) is 0 Å². The first-order valence-corrected chi connectivity index (χ1v) is 8.78. The minimum absolute atomic E-state index is 0.0744. The Morgan fingerprint density at radius 3 is 2.96 bits per heavy atom. The van der Waals surface area contributed by atoms with Gasteiger partial charge in [-0.15, -0.1) is 0 Å². The van der Waals surface area contributed by atoms with Gasteiger partial charge in [-0.1, -0.05) is 12.8 Å². The molecule has 6 nitrogen and oxygen atoms in total. The molecule has 0 bridgehead atoms. The van der Waals surface area contributed by atoms with Gasteiger partial charge in [0.2, 0.25) is 5.56 Å². The number of nitrogens with one attached hydrogen (secondary N) is 1. The number of aliphatic hydroxyl groups is 1. The van der Waals surface area contributed by atoms with Crippen molar-refractivity contribution in [2.75, 3.05) is 6.54 Å². The summed E-state index contributed by atoms with van der Waals surface area (Å²) in [6.07, 6.45) is 5.08. The van der Waals surface area contributed by atoms with E-state index in [-0.39, 0.29) is 17.5 Å². The smallest absolute Gasteiger partial charge is 0.254 e. The molecule has 6 heteroatoms. The summed E-state index contributed by atoms with van der Waals surface area (Å²) in [5.41, 5.74) is 0.795. The maximum Gasteiger partial charge on any atom is 0.254 e. The Hall–Kier alpha value is -2.34. The number of aryl methyl sites for hydroxylation is 1. The van der Waals surface area contributed by atoms with Gasteiger partial charge in [0.1, 0.15) is 11.9 Å². The van der Waals surface area contributed by atoms with Crippen LogP contribution in [0.2, 0.25) is 0 Å². The molecule has 25 heavy (non-hydrogen) atoms. The molecule has 1 fully saturated rings. The highest BCUT2D eigenvalue weighted by molar-refractivity contribution is 5.94. The number of pyridine rings is 1. The molecule has 0 spiro atoms. The molecular weight excluding hydrogens is 320 g/mol. The molecule has 1 amide bonds. The zero-order valence-electron chi connectivity index (χ0n) is 14.4. The first kappa shape index (κ1) is 17.5. The average molecular weight is 344 g/mol. The molecular formula is C19H24N2O4. The van der Waals surface area contributed by atoms with Gasteiger partial charge < -0.3 is 19.4 Å². The normalized spacial score (nSPS) is 19.4. The topological polar surface area (TPSA) is 86.5 Å². The van der Waals surface area contributed by atoms with Crippen molar-refractivity contribution in [1.82, 2.24) is 9.88 Å². The molecule has 0 aromatic carbocycles. The highest BCUT2D eigenvalue weighted by atomic mass is 16.4. The van der Waals surface area contributed by atoms with E-state index in [1.807, 2.05) is 4.90 Å². The fourth-order valence-electron chi connectivity index (χ4n) is 3.52. The number of hydrogen-bond donors (Lipinski definition) is 2. The lowest BCUT2D eigenvalue weighted by atomic mass is 10.0. The summed E-state index contributed by atoms with van der Waals surface area (Å²) < 4.78 is 5.28. The average Bonchev–Trinajstić information content (AvgIpc) is 3.01. The molecule has 1 saturated heterocycles. The number of aromatic amines is 1. The van der Waals surface area contributed by atoms with Gasteiger partial charge in [0, 0.05) is 36.3 Å². The molecule has 2 atom stereocenters. The van der Waals surface area contributed by atoms with Crippen LogP contribution in [0.25, 0.3) is 0 Å². The second-order valence-corrected chi connectivity index (χ2v) is 6.68. The van der Waals surface area contributed by atoms with Gasteiger partial charge in [-0.2, -0.15) is 0 Å². The Morgan fingerprint density at radius 2 is 2.24 bits per heavy atom. The van der Waals surface area contributed by atoms with Crippen molar-refractivity contribution >= 4 is 5.91 Å². The van der Waals surface area contributed by atoms with E-state index < -0.39 is 6.10 Å². The maximum atomic E-state index is 13.0. The van der Waals surface area contributed by atoms with Gasteiger partial charge in [-0.05, 0) is 38.0 Å². The van der Waals surface area contributed by atoms with E-state index >= 15 is 0 Å². The number of likely N-dealkylation sites (tertiary alicyclic amines) is 1. The zero-order valence-corrected chi connectivity index (χ0v) is 14.4. The number of carbonyl (C=O) groups is 1. The number of rotatable bonds is 4. The summed E-state index contributed by atoms with van der Waals surface area (Å²) in [6, 6.07) is 6.46. The van der Waals surface area contributed by atoms with Crippen LogP contribution < -0.4 is 5.56 Å². The van der Waals surface area contributed by atoms with E-state index in [4.69, 9.17) is 4.42 Å². The van der Waals surface area contributed by atoms with Crippen molar-refractivity contribution < 1.29 is 14.3 Å². The van der Waals surface area contributed by atoms with E-state index in [0.717, 1.165) is 25.7 Å². The van der Waals surface area contributed by atoms with E-state index in [1.165, 1.54) is 12.3 Å². The zero-order chi connectivity index (χ0) is 17.8. The van der Waals surface area contributed by atoms with Gasteiger partial charge in [-0.3, -0.25) is 9.59 Å². The molecule has 2 N–H and O–H groups in total. The molecule has 1 aliphatic rings. The van der Waals surface area contributed by atoms with E-state index in [1.54, 1.807) is 25.1 Å². The van der Waals surface area contributed by atoms with Crippen molar-refractivity contribution in [2.24, 2.45) is 0 Å². The number of aliphatic hydroxyl groups excluding tert-OH is 1. The number of carbonyl (C=O) groups excluding carboxylic acids is 1. The second kappa shape index (κ2) is 7.70. The minimum atomic E-state index is -0.741. The van der Waals surface area contributed by atoms with E-state index in [0.29, 0.717) is 30.0 Å². The predicted octanol–water partition coefficient (Wildman–Crippen LogP) is 2.78. The first-order chi connectivity index (χ1) is 12.0. The van der Waals surface area contributed by atoms with Gasteiger partial charge in [-0.25, -0.2) is 0 Å². The van der Waals surface area contributed by atoms with E-state index in [9.17, 15) is 14.7 Å².